The van der Waals surface area contributed by atoms with Gasteiger partial charge in [0.05, 0.1) is 12.0 Å². The number of fused-ring (bicyclic) bond motifs is 2. The zero-order chi connectivity index (χ0) is 21.4. The van der Waals surface area contributed by atoms with Gasteiger partial charge in [-0.05, 0) is 18.9 Å². The summed E-state index contributed by atoms with van der Waals surface area (Å²) >= 11 is 0. The van der Waals surface area contributed by atoms with Gasteiger partial charge in [-0.25, -0.2) is 8.78 Å². The summed E-state index contributed by atoms with van der Waals surface area (Å²) in [6.45, 7) is 0.471. The second-order valence-corrected chi connectivity index (χ2v) is 7.52. The van der Waals surface area contributed by atoms with E-state index in [9.17, 15) is 28.3 Å². The highest BCUT2D eigenvalue weighted by Crippen LogP contribution is 2.32. The molecule has 2 unspecified atom stereocenters. The van der Waals surface area contributed by atoms with Crippen LogP contribution in [0.2, 0.25) is 0 Å². The molecule has 7 nitrogen and oxygen atoms in total. The van der Waals surface area contributed by atoms with Gasteiger partial charge in [-0.1, -0.05) is 12.5 Å². The van der Waals surface area contributed by atoms with Crippen molar-refractivity contribution in [2.45, 2.75) is 38.5 Å². The number of aromatic nitrogens is 1. The molecule has 0 bridgehead atoms. The average molecular weight is 418 g/mol. The minimum Gasteiger partial charge on any atom is -0.503 e. The van der Waals surface area contributed by atoms with Crippen LogP contribution in [0.15, 0.2) is 29.2 Å². The molecule has 0 spiro atoms. The molecule has 9 heteroatoms. The molecule has 2 aromatic rings. The number of amides is 1. The van der Waals surface area contributed by atoms with Crippen molar-refractivity contribution in [3.05, 3.63) is 63.1 Å². The van der Waals surface area contributed by atoms with Crippen molar-refractivity contribution in [3.8, 4) is 5.75 Å². The van der Waals surface area contributed by atoms with E-state index >= 15 is 0 Å². The lowest BCUT2D eigenvalue weighted by molar-refractivity contribution is 0.00739. The Hall–Kier alpha value is -3.07. The molecule has 30 heavy (non-hydrogen) atoms. The molecule has 1 fully saturated rings. The van der Waals surface area contributed by atoms with Crippen molar-refractivity contribution in [3.63, 3.8) is 0 Å². The van der Waals surface area contributed by atoms with Gasteiger partial charge in [-0.3, -0.25) is 14.4 Å². The molecular weight excluding hydrogens is 398 g/mol. The van der Waals surface area contributed by atoms with Gasteiger partial charge in [0.25, 0.3) is 5.91 Å². The van der Waals surface area contributed by atoms with Crippen LogP contribution in [-0.4, -0.2) is 34.1 Å². The Labute approximate surface area is 170 Å². The predicted octanol–water partition coefficient (Wildman–Crippen LogP) is 2.14. The molecule has 0 aliphatic carbocycles. The summed E-state index contributed by atoms with van der Waals surface area (Å²) < 4.78 is 33.9. The largest absolute Gasteiger partial charge is 0.503 e. The van der Waals surface area contributed by atoms with Crippen molar-refractivity contribution in [2.75, 3.05) is 6.61 Å². The van der Waals surface area contributed by atoms with Crippen LogP contribution in [0.4, 0.5) is 8.78 Å². The van der Waals surface area contributed by atoms with Crippen molar-refractivity contribution in [1.82, 2.24) is 9.88 Å². The van der Waals surface area contributed by atoms with Gasteiger partial charge in [-0.2, -0.15) is 0 Å². The molecule has 1 aromatic heterocycles. The monoisotopic (exact) mass is 418 g/mol. The molecule has 2 atom stereocenters. The minimum absolute atomic E-state index is 0.0388. The Morgan fingerprint density at radius 2 is 2.07 bits per heavy atom. The molecule has 3 heterocycles. The summed E-state index contributed by atoms with van der Waals surface area (Å²) in [6, 6.07) is 2.93. The van der Waals surface area contributed by atoms with Crippen molar-refractivity contribution >= 4 is 11.7 Å². The third kappa shape index (κ3) is 3.60. The van der Waals surface area contributed by atoms with Crippen LogP contribution in [0.3, 0.4) is 0 Å². The Kier molecular flexibility index (Phi) is 5.38. The first kappa shape index (κ1) is 20.2. The number of carbonyl (C=O) groups excluding carboxylic acids is 2. The van der Waals surface area contributed by atoms with Gasteiger partial charge in [0.1, 0.15) is 22.9 Å². The smallest absolute Gasteiger partial charge is 0.257 e. The van der Waals surface area contributed by atoms with Crippen molar-refractivity contribution in [2.24, 2.45) is 5.92 Å². The Morgan fingerprint density at radius 3 is 2.83 bits per heavy atom. The highest BCUT2D eigenvalue weighted by atomic mass is 19.1. The van der Waals surface area contributed by atoms with Gasteiger partial charge in [0.15, 0.2) is 11.5 Å². The fourth-order valence-corrected chi connectivity index (χ4v) is 4.00. The van der Waals surface area contributed by atoms with E-state index in [1.807, 2.05) is 0 Å². The molecule has 158 valence electrons. The molecule has 1 amide bonds. The number of aromatic hydroxyl groups is 1. The molecule has 1 saturated heterocycles. The maximum absolute atomic E-state index is 13.8. The number of pyridine rings is 1. The number of ketones is 1. The Morgan fingerprint density at radius 1 is 1.27 bits per heavy atom. The molecular formula is C21H20F2N2O5. The SMILES string of the molecule is O=C(NCc1ccc(F)cc1F)c1cn2c(c(O)c1=O)C(=O)C1CCCCOC1C2. The van der Waals surface area contributed by atoms with E-state index in [0.29, 0.717) is 19.1 Å². The van der Waals surface area contributed by atoms with E-state index in [0.717, 1.165) is 18.9 Å². The van der Waals surface area contributed by atoms with Gasteiger partial charge >= 0.3 is 0 Å². The van der Waals surface area contributed by atoms with Crippen LogP contribution in [-0.2, 0) is 17.8 Å². The predicted molar refractivity (Wildman–Crippen MR) is 101 cm³/mol. The first-order chi connectivity index (χ1) is 14.4. The fraction of sp³-hybridized carbons (Fsp3) is 0.381. The van der Waals surface area contributed by atoms with Crippen LogP contribution >= 0.6 is 0 Å². The zero-order valence-corrected chi connectivity index (χ0v) is 16.0. The molecule has 1 aromatic carbocycles. The van der Waals surface area contributed by atoms with E-state index in [-0.39, 0.29) is 35.7 Å². The first-order valence-electron chi connectivity index (χ1n) is 9.71. The highest BCUT2D eigenvalue weighted by molar-refractivity contribution is 6.01. The minimum atomic E-state index is -0.973. The van der Waals surface area contributed by atoms with Crippen LogP contribution in [0.1, 0.15) is 45.7 Å². The third-order valence-electron chi connectivity index (χ3n) is 5.59. The number of hydrogen-bond donors (Lipinski definition) is 2. The van der Waals surface area contributed by atoms with E-state index in [1.165, 1.54) is 16.8 Å². The average Bonchev–Trinajstić information content (AvgIpc) is 2.95. The second-order valence-electron chi connectivity index (χ2n) is 7.52. The fourth-order valence-electron chi connectivity index (χ4n) is 4.00. The Bertz CT molecular complexity index is 1080. The third-order valence-corrected chi connectivity index (χ3v) is 5.59. The molecule has 4 rings (SSSR count). The first-order valence-corrected chi connectivity index (χ1v) is 9.71. The normalized spacial score (nSPS) is 20.8. The lowest BCUT2D eigenvalue weighted by atomic mass is 9.86. The molecule has 2 aliphatic rings. The Balaban J connectivity index is 1.62. The lowest BCUT2D eigenvalue weighted by Crippen LogP contribution is -2.42. The number of Topliss-reactive ketones (excluding diaryl/α,β-unsaturated/α-hetero) is 1. The van der Waals surface area contributed by atoms with Crippen LogP contribution in [0, 0.1) is 17.6 Å². The van der Waals surface area contributed by atoms with Crippen molar-refractivity contribution < 1.29 is 28.2 Å². The summed E-state index contributed by atoms with van der Waals surface area (Å²) in [6.07, 6.45) is 3.09. The lowest BCUT2D eigenvalue weighted by Gasteiger charge is -2.32. The summed E-state index contributed by atoms with van der Waals surface area (Å²) in [5, 5.41) is 12.8. The van der Waals surface area contributed by atoms with E-state index in [1.54, 1.807) is 0 Å². The number of ether oxygens (including phenoxy) is 1. The van der Waals surface area contributed by atoms with Crippen LogP contribution < -0.4 is 10.7 Å². The van der Waals surface area contributed by atoms with Gasteiger partial charge in [0.2, 0.25) is 5.43 Å². The topological polar surface area (TPSA) is 97.6 Å². The van der Waals surface area contributed by atoms with E-state index in [4.69, 9.17) is 4.74 Å². The maximum Gasteiger partial charge on any atom is 0.257 e. The quantitative estimate of drug-likeness (QED) is 0.796. The number of hydrogen-bond acceptors (Lipinski definition) is 5. The van der Waals surface area contributed by atoms with Crippen LogP contribution in [0.5, 0.6) is 5.75 Å². The summed E-state index contributed by atoms with van der Waals surface area (Å²) in [5.41, 5.74) is -1.43. The highest BCUT2D eigenvalue weighted by Gasteiger charge is 2.39. The van der Waals surface area contributed by atoms with Crippen molar-refractivity contribution in [1.29, 1.82) is 0 Å². The zero-order valence-electron chi connectivity index (χ0n) is 16.0. The number of halogens is 2. The second kappa shape index (κ2) is 7.98. The molecule has 2 N–H and O–H groups in total. The van der Waals surface area contributed by atoms with E-state index < -0.39 is 40.7 Å². The number of carbonyl (C=O) groups is 2. The van der Waals surface area contributed by atoms with Crippen LogP contribution in [0.25, 0.3) is 0 Å². The number of rotatable bonds is 3. The molecule has 2 aliphatic heterocycles. The summed E-state index contributed by atoms with van der Waals surface area (Å²) in [4.78, 5) is 37.9. The molecule has 0 radical (unpaired) electrons. The number of nitrogens with one attached hydrogen (secondary N) is 1. The summed E-state index contributed by atoms with van der Waals surface area (Å²) in [7, 11) is 0. The van der Waals surface area contributed by atoms with E-state index in [2.05, 4.69) is 5.32 Å². The number of benzene rings is 1. The van der Waals surface area contributed by atoms with Gasteiger partial charge in [0, 0.05) is 37.5 Å². The van der Waals surface area contributed by atoms with Gasteiger partial charge < -0.3 is 19.7 Å². The summed E-state index contributed by atoms with van der Waals surface area (Å²) in [5.74, 6) is -4.00. The standard InChI is InChI=1S/C21H20F2N2O5/c22-12-5-4-11(15(23)7-12)8-24-21(29)14-9-25-10-16-13(3-1-2-6-30-16)18(26)17(25)20(28)19(14)27/h4-5,7,9,13,16,28H,1-3,6,8,10H2,(H,24,29). The maximum atomic E-state index is 13.8. The number of nitrogens with zero attached hydrogens (tertiary/aromatic N) is 1. The van der Waals surface area contributed by atoms with Gasteiger partial charge in [-0.15, -0.1) is 0 Å². The molecule has 0 saturated carbocycles.